The Labute approximate surface area is 46.0 Å². The van der Waals surface area contributed by atoms with E-state index in [1.807, 2.05) is 0 Å². The molecule has 0 heterocycles. The molecule has 0 fully saturated rings. The van der Waals surface area contributed by atoms with Crippen LogP contribution in [0.25, 0.3) is 0 Å². The Hall–Kier alpha value is -0.280. The summed E-state index contributed by atoms with van der Waals surface area (Å²) in [7, 11) is -2.28. The molecule has 0 spiro atoms. The van der Waals surface area contributed by atoms with Gasteiger partial charge in [0.2, 0.25) is 0 Å². The van der Waals surface area contributed by atoms with Gasteiger partial charge in [-0.2, -0.15) is 0 Å². The summed E-state index contributed by atoms with van der Waals surface area (Å²) < 4.78 is 13.4. The molecular weight excluding hydrogens is 137 g/mol. The van der Waals surface area contributed by atoms with Gasteiger partial charge >= 0.3 is 13.3 Å². The van der Waals surface area contributed by atoms with Gasteiger partial charge < -0.3 is 18.0 Å². The van der Waals surface area contributed by atoms with Gasteiger partial charge in [-0.3, -0.25) is 0 Å². The maximum atomic E-state index is 9.69. The first-order chi connectivity index (χ1) is 3.13. The number of nitrogens with two attached hydrogens (primary N) is 1. The second kappa shape index (κ2) is 2.82. The number of rotatable bonds is 1. The van der Waals surface area contributed by atoms with Gasteiger partial charge in [0.25, 0.3) is 0 Å². The molecule has 0 aromatic carbocycles. The topological polar surface area (TPSA) is 69.4 Å². The molecule has 6 heteroatoms. The lowest BCUT2D eigenvalue weighted by atomic mass is 11.3. The number of carbonyl (C=O) groups excluding carboxylic acids is 1. The summed E-state index contributed by atoms with van der Waals surface area (Å²) in [5, 5.41) is 0. The number of primary amides is 1. The average molecular weight is 139 g/mol. The summed E-state index contributed by atoms with van der Waals surface area (Å²) in [6.45, 7) is 0. The molecular formula is CH2NO3PS. The lowest BCUT2D eigenvalue weighted by Crippen LogP contribution is -2.07. The van der Waals surface area contributed by atoms with E-state index in [1.54, 1.807) is 0 Å². The normalized spacial score (nSPS) is 10.1. The van der Waals surface area contributed by atoms with Crippen molar-refractivity contribution in [2.45, 2.75) is 0 Å². The summed E-state index contributed by atoms with van der Waals surface area (Å²) in [6.07, 6.45) is -1.10. The van der Waals surface area contributed by atoms with E-state index in [2.05, 4.69) is 22.5 Å². The highest BCUT2D eigenvalue weighted by Gasteiger charge is 2.01. The highest BCUT2D eigenvalue weighted by atomic mass is 32.7. The number of hydrogen-bond acceptors (Lipinski definition) is 4. The minimum Gasteiger partial charge on any atom is -0.397 e. The highest BCUT2D eigenvalue weighted by molar-refractivity contribution is 8.26. The van der Waals surface area contributed by atoms with E-state index in [0.717, 1.165) is 0 Å². The third kappa shape index (κ3) is 5.72. The molecule has 4 nitrogen and oxygen atoms in total. The molecule has 7 heavy (non-hydrogen) atoms. The van der Waals surface area contributed by atoms with Gasteiger partial charge in [0.1, 0.15) is 0 Å². The standard InChI is InChI=1S/CH2NO3PS/c2-1(3)5-6(4)7/h(H2,2,3). The van der Waals surface area contributed by atoms with E-state index < -0.39 is 13.3 Å². The molecule has 0 saturated carbocycles. The van der Waals surface area contributed by atoms with Crippen LogP contribution in [0.15, 0.2) is 0 Å². The molecule has 1 atom stereocenters. The monoisotopic (exact) mass is 139 g/mol. The first-order valence-corrected chi connectivity index (χ1v) is 3.44. The Morgan fingerprint density at radius 2 is 2.29 bits per heavy atom. The Balaban J connectivity index is 3.32. The predicted octanol–water partition coefficient (Wildman–Crippen LogP) is 0.286. The second-order valence-electron chi connectivity index (χ2n) is 0.634. The van der Waals surface area contributed by atoms with Gasteiger partial charge in [-0.05, 0) is 0 Å². The third-order valence-electron chi connectivity index (χ3n) is 0.165. The van der Waals surface area contributed by atoms with Crippen molar-refractivity contribution in [1.29, 1.82) is 0 Å². The lowest BCUT2D eigenvalue weighted by molar-refractivity contribution is 0.215. The van der Waals surface area contributed by atoms with Crippen LogP contribution in [0.4, 0.5) is 4.79 Å². The largest absolute Gasteiger partial charge is 0.454 e. The fourth-order valence-electron chi connectivity index (χ4n) is 0.0735. The SMILES string of the molecule is NC(=O)O[P+](=O)[S-]. The zero-order chi connectivity index (χ0) is 5.86. The lowest BCUT2D eigenvalue weighted by Gasteiger charge is -1.80. The van der Waals surface area contributed by atoms with Crippen LogP contribution in [0.1, 0.15) is 0 Å². The van der Waals surface area contributed by atoms with Crippen LogP contribution in [-0.2, 0) is 21.3 Å². The highest BCUT2D eigenvalue weighted by Crippen LogP contribution is 2.15. The van der Waals surface area contributed by atoms with Gasteiger partial charge in [-0.1, -0.05) is 4.57 Å². The van der Waals surface area contributed by atoms with Crippen molar-refractivity contribution in [3.05, 3.63) is 0 Å². The van der Waals surface area contributed by atoms with Crippen molar-refractivity contribution in [2.24, 2.45) is 5.73 Å². The fourth-order valence-corrected chi connectivity index (χ4v) is 0.441. The average Bonchev–Trinajstić information content (AvgIpc) is 1.27. The van der Waals surface area contributed by atoms with E-state index in [-0.39, 0.29) is 0 Å². The maximum Gasteiger partial charge on any atom is 0.454 e. The van der Waals surface area contributed by atoms with Crippen molar-refractivity contribution in [3.8, 4) is 0 Å². The van der Waals surface area contributed by atoms with Gasteiger partial charge in [0, 0.05) is 0 Å². The minimum atomic E-state index is -2.28. The molecule has 0 aromatic rings. The van der Waals surface area contributed by atoms with E-state index in [0.29, 0.717) is 0 Å². The molecule has 0 rings (SSSR count). The molecule has 0 aliphatic rings. The van der Waals surface area contributed by atoms with Crippen LogP contribution < -0.4 is 5.73 Å². The second-order valence-corrected chi connectivity index (χ2v) is 2.16. The zero-order valence-corrected chi connectivity index (χ0v) is 4.87. The summed E-state index contributed by atoms with van der Waals surface area (Å²) >= 11 is 3.94. The van der Waals surface area contributed by atoms with Crippen molar-refractivity contribution >= 4 is 25.6 Å². The van der Waals surface area contributed by atoms with Gasteiger partial charge in [-0.25, -0.2) is 9.32 Å². The molecule has 2 N–H and O–H groups in total. The molecule has 0 aliphatic carbocycles. The molecule has 0 radical (unpaired) electrons. The summed E-state index contributed by atoms with van der Waals surface area (Å²) in [4.78, 5) is 9.56. The van der Waals surface area contributed by atoms with E-state index in [9.17, 15) is 9.36 Å². The summed E-state index contributed by atoms with van der Waals surface area (Å²) in [5.41, 5.74) is 4.38. The number of carbonyl (C=O) groups is 1. The van der Waals surface area contributed by atoms with Crippen LogP contribution in [0.5, 0.6) is 0 Å². The quantitative estimate of drug-likeness (QED) is 0.418. The fraction of sp³-hybridized carbons (Fsp3) is 0. The first kappa shape index (κ1) is 6.72. The number of amides is 1. The van der Waals surface area contributed by atoms with Crippen LogP contribution in [-0.4, -0.2) is 6.09 Å². The summed E-state index contributed by atoms with van der Waals surface area (Å²) in [5.74, 6) is 0. The van der Waals surface area contributed by atoms with Crippen molar-refractivity contribution < 1.29 is 13.9 Å². The predicted molar refractivity (Wildman–Crippen MR) is 25.6 cm³/mol. The van der Waals surface area contributed by atoms with Crippen LogP contribution >= 0.6 is 7.23 Å². The van der Waals surface area contributed by atoms with Crippen LogP contribution in [0.2, 0.25) is 0 Å². The molecule has 0 bridgehead atoms. The number of hydrogen-bond donors (Lipinski definition) is 1. The smallest absolute Gasteiger partial charge is 0.397 e. The minimum absolute atomic E-state index is 1.10. The van der Waals surface area contributed by atoms with E-state index in [1.165, 1.54) is 0 Å². The van der Waals surface area contributed by atoms with Crippen molar-refractivity contribution in [3.63, 3.8) is 0 Å². The van der Waals surface area contributed by atoms with E-state index >= 15 is 0 Å². The Morgan fingerprint density at radius 3 is 2.29 bits per heavy atom. The van der Waals surface area contributed by atoms with E-state index in [4.69, 9.17) is 0 Å². The Kier molecular flexibility index (Phi) is 2.71. The summed E-state index contributed by atoms with van der Waals surface area (Å²) in [6, 6.07) is 0. The third-order valence-corrected chi connectivity index (χ3v) is 0.717. The van der Waals surface area contributed by atoms with Gasteiger partial charge in [0.15, 0.2) is 0 Å². The van der Waals surface area contributed by atoms with Crippen LogP contribution in [0.3, 0.4) is 0 Å². The van der Waals surface area contributed by atoms with Crippen molar-refractivity contribution in [1.82, 2.24) is 0 Å². The Bertz CT molecular complexity index is 91.1. The van der Waals surface area contributed by atoms with Gasteiger partial charge in [0.05, 0.1) is 0 Å². The molecule has 0 aromatic heterocycles. The Morgan fingerprint density at radius 1 is 1.86 bits per heavy atom. The molecule has 0 aliphatic heterocycles. The van der Waals surface area contributed by atoms with Crippen LogP contribution in [0, 0.1) is 0 Å². The molecule has 0 saturated heterocycles. The van der Waals surface area contributed by atoms with Crippen molar-refractivity contribution in [2.75, 3.05) is 0 Å². The molecule has 40 valence electrons. The maximum absolute atomic E-state index is 9.69. The first-order valence-electron chi connectivity index (χ1n) is 1.24. The zero-order valence-electron chi connectivity index (χ0n) is 3.16. The molecule has 1 unspecified atom stereocenters. The molecule has 1 amide bonds. The van der Waals surface area contributed by atoms with Gasteiger partial charge in [-0.15, -0.1) is 0 Å².